The highest BCUT2D eigenvalue weighted by molar-refractivity contribution is 5.96. The van der Waals surface area contributed by atoms with Gasteiger partial charge in [0.05, 0.1) is 22.4 Å². The molecule has 0 aliphatic heterocycles. The number of hydrogen-bond donors (Lipinski definition) is 1. The van der Waals surface area contributed by atoms with Crippen LogP contribution < -0.4 is 0 Å². The molecule has 2 aliphatic carbocycles. The topological polar surface area (TPSA) is 63.1 Å². The van der Waals surface area contributed by atoms with Crippen molar-refractivity contribution in [1.82, 2.24) is 9.97 Å². The molecule has 2 aromatic carbocycles. The van der Waals surface area contributed by atoms with Gasteiger partial charge in [0.25, 0.3) is 0 Å². The minimum absolute atomic E-state index is 0.256. The van der Waals surface area contributed by atoms with Crippen molar-refractivity contribution in [3.05, 3.63) is 47.8 Å². The first-order chi connectivity index (χ1) is 11.8. The largest absolute Gasteiger partial charge is 0.481 e. The number of aromatic nitrogens is 2. The van der Waals surface area contributed by atoms with Gasteiger partial charge in [0.2, 0.25) is 0 Å². The molecule has 3 aromatic rings. The third-order valence-electron chi connectivity index (χ3n) is 7.27. The summed E-state index contributed by atoms with van der Waals surface area (Å²) in [4.78, 5) is 22.2. The molecule has 1 N–H and O–H groups in total. The van der Waals surface area contributed by atoms with Crippen molar-refractivity contribution < 1.29 is 9.90 Å². The standard InChI is InChI=1S/C21H20N2O2/c1-19(2)20(3)8-9-21(19,18(24)25)17-16(20)22-14-10-12-6-4-5-7-13(12)11-15(14)23-17/h4-7,10-11H,8-9H2,1-3H3,(H,24,25)/t20-,21-/m0/s1. The maximum Gasteiger partial charge on any atom is 0.316 e. The molecule has 126 valence electrons. The Hall–Kier alpha value is -2.49. The predicted molar refractivity (Wildman–Crippen MR) is 96.7 cm³/mol. The van der Waals surface area contributed by atoms with Gasteiger partial charge in [-0.15, -0.1) is 0 Å². The van der Waals surface area contributed by atoms with Crippen LogP contribution in [0.3, 0.4) is 0 Å². The summed E-state index contributed by atoms with van der Waals surface area (Å²) in [5, 5.41) is 12.4. The first kappa shape index (κ1) is 14.8. The quantitative estimate of drug-likeness (QED) is 0.679. The first-order valence-corrected chi connectivity index (χ1v) is 8.76. The van der Waals surface area contributed by atoms with Crippen molar-refractivity contribution in [2.24, 2.45) is 5.41 Å². The van der Waals surface area contributed by atoms with Gasteiger partial charge in [-0.05, 0) is 41.2 Å². The molecule has 2 bridgehead atoms. The molecule has 4 nitrogen and oxygen atoms in total. The predicted octanol–water partition coefficient (Wildman–Crippen LogP) is 4.20. The van der Waals surface area contributed by atoms with Crippen LogP contribution in [0.15, 0.2) is 36.4 Å². The second-order valence-corrected chi connectivity index (χ2v) is 8.28. The van der Waals surface area contributed by atoms with Crippen LogP contribution in [0, 0.1) is 5.41 Å². The minimum Gasteiger partial charge on any atom is -0.481 e. The molecule has 1 aromatic heterocycles. The molecule has 1 fully saturated rings. The SMILES string of the molecule is CC1(C)[C@@]2(C)CC[C@@]1(C(=O)O)c1nc3cc4ccccc4cc3nc12. The molecule has 0 spiro atoms. The number of carboxylic acids is 1. The molecule has 0 saturated heterocycles. The van der Waals surface area contributed by atoms with Gasteiger partial charge < -0.3 is 5.11 Å². The molecule has 0 amide bonds. The summed E-state index contributed by atoms with van der Waals surface area (Å²) in [7, 11) is 0. The number of carbonyl (C=O) groups is 1. The van der Waals surface area contributed by atoms with E-state index in [9.17, 15) is 9.90 Å². The van der Waals surface area contributed by atoms with E-state index in [1.165, 1.54) is 0 Å². The summed E-state index contributed by atoms with van der Waals surface area (Å²) in [5.74, 6) is -0.769. The van der Waals surface area contributed by atoms with Crippen LogP contribution in [0.4, 0.5) is 0 Å². The van der Waals surface area contributed by atoms with E-state index < -0.39 is 16.8 Å². The summed E-state index contributed by atoms with van der Waals surface area (Å²) in [6.07, 6.45) is 1.47. The Bertz CT molecular complexity index is 1090. The van der Waals surface area contributed by atoms with Crippen LogP contribution in [-0.4, -0.2) is 21.0 Å². The van der Waals surface area contributed by atoms with Gasteiger partial charge in [-0.3, -0.25) is 4.79 Å². The monoisotopic (exact) mass is 332 g/mol. The zero-order chi connectivity index (χ0) is 17.6. The van der Waals surface area contributed by atoms with Crippen LogP contribution in [0.2, 0.25) is 0 Å². The highest BCUT2D eigenvalue weighted by Crippen LogP contribution is 2.70. The van der Waals surface area contributed by atoms with Crippen LogP contribution >= 0.6 is 0 Å². The van der Waals surface area contributed by atoms with Crippen molar-refractivity contribution in [3.8, 4) is 0 Å². The Balaban J connectivity index is 1.91. The second-order valence-electron chi connectivity index (χ2n) is 8.28. The number of carboxylic acid groups (broad SMARTS) is 1. The average Bonchev–Trinajstić information content (AvgIpc) is 2.87. The Morgan fingerprint density at radius 1 is 0.960 bits per heavy atom. The maximum atomic E-state index is 12.4. The van der Waals surface area contributed by atoms with E-state index in [-0.39, 0.29) is 5.41 Å². The number of aliphatic carboxylic acids is 1. The van der Waals surface area contributed by atoms with Gasteiger partial charge in [0, 0.05) is 5.41 Å². The lowest BCUT2D eigenvalue weighted by molar-refractivity contribution is -0.148. The zero-order valence-electron chi connectivity index (χ0n) is 14.6. The fourth-order valence-corrected chi connectivity index (χ4v) is 5.26. The van der Waals surface area contributed by atoms with E-state index in [1.54, 1.807) is 0 Å². The van der Waals surface area contributed by atoms with Gasteiger partial charge in [-0.1, -0.05) is 45.0 Å². The van der Waals surface area contributed by atoms with Crippen molar-refractivity contribution >= 4 is 27.8 Å². The van der Waals surface area contributed by atoms with Gasteiger partial charge in [0.15, 0.2) is 0 Å². The minimum atomic E-state index is -0.941. The molecule has 0 radical (unpaired) electrons. The summed E-state index contributed by atoms with van der Waals surface area (Å²) in [5.41, 5.74) is 1.59. The second kappa shape index (κ2) is 4.18. The van der Waals surface area contributed by atoms with E-state index in [4.69, 9.17) is 9.97 Å². The molecule has 2 atom stereocenters. The molecular weight excluding hydrogens is 312 g/mol. The van der Waals surface area contributed by atoms with Crippen LogP contribution in [0.25, 0.3) is 21.8 Å². The third kappa shape index (κ3) is 1.44. The number of fused-ring (bicyclic) bond motifs is 7. The Morgan fingerprint density at radius 3 is 2.08 bits per heavy atom. The van der Waals surface area contributed by atoms with Gasteiger partial charge in [0.1, 0.15) is 5.41 Å². The van der Waals surface area contributed by atoms with Gasteiger partial charge >= 0.3 is 5.97 Å². The smallest absolute Gasteiger partial charge is 0.316 e. The lowest BCUT2D eigenvalue weighted by Gasteiger charge is -2.37. The molecule has 4 heteroatoms. The van der Waals surface area contributed by atoms with Crippen molar-refractivity contribution in [2.75, 3.05) is 0 Å². The molecular formula is C21H20N2O2. The van der Waals surface area contributed by atoms with Crippen molar-refractivity contribution in [3.63, 3.8) is 0 Å². The van der Waals surface area contributed by atoms with Crippen LogP contribution in [0.5, 0.6) is 0 Å². The van der Waals surface area contributed by atoms with Crippen molar-refractivity contribution in [1.29, 1.82) is 0 Å². The molecule has 25 heavy (non-hydrogen) atoms. The Morgan fingerprint density at radius 2 is 1.52 bits per heavy atom. The summed E-state index contributed by atoms with van der Waals surface area (Å²) in [6.45, 7) is 6.29. The van der Waals surface area contributed by atoms with Gasteiger partial charge in [-0.25, -0.2) is 9.97 Å². The summed E-state index contributed by atoms with van der Waals surface area (Å²) in [6, 6.07) is 12.2. The van der Waals surface area contributed by atoms with E-state index in [1.807, 2.05) is 24.3 Å². The Kier molecular flexibility index (Phi) is 2.48. The van der Waals surface area contributed by atoms with E-state index in [0.717, 1.165) is 33.9 Å². The fourth-order valence-electron chi connectivity index (χ4n) is 5.26. The van der Waals surface area contributed by atoms with E-state index in [0.29, 0.717) is 12.1 Å². The number of hydrogen-bond acceptors (Lipinski definition) is 3. The van der Waals surface area contributed by atoms with Gasteiger partial charge in [-0.2, -0.15) is 0 Å². The van der Waals surface area contributed by atoms with Crippen LogP contribution in [-0.2, 0) is 15.6 Å². The lowest BCUT2D eigenvalue weighted by Crippen LogP contribution is -2.45. The zero-order valence-corrected chi connectivity index (χ0v) is 14.6. The van der Waals surface area contributed by atoms with E-state index >= 15 is 0 Å². The van der Waals surface area contributed by atoms with Crippen LogP contribution in [0.1, 0.15) is 45.0 Å². The lowest BCUT2D eigenvalue weighted by atomic mass is 9.64. The number of rotatable bonds is 1. The normalized spacial score (nSPS) is 29.2. The fraction of sp³-hybridized carbons (Fsp3) is 0.381. The number of nitrogens with zero attached hydrogens (tertiary/aromatic N) is 2. The summed E-state index contributed by atoms with van der Waals surface area (Å²) < 4.78 is 0. The molecule has 1 saturated carbocycles. The first-order valence-electron chi connectivity index (χ1n) is 8.76. The number of benzene rings is 2. The third-order valence-corrected chi connectivity index (χ3v) is 7.27. The van der Waals surface area contributed by atoms with E-state index in [2.05, 4.69) is 32.9 Å². The Labute approximate surface area is 145 Å². The molecule has 2 aliphatic rings. The van der Waals surface area contributed by atoms with Crippen molar-refractivity contribution in [2.45, 2.75) is 44.4 Å². The molecule has 5 rings (SSSR count). The average molecular weight is 332 g/mol. The highest BCUT2D eigenvalue weighted by Gasteiger charge is 2.73. The molecule has 1 heterocycles. The molecule has 0 unspecified atom stereocenters. The summed E-state index contributed by atoms with van der Waals surface area (Å²) >= 11 is 0. The highest BCUT2D eigenvalue weighted by atomic mass is 16.4. The maximum absolute atomic E-state index is 12.4.